The van der Waals surface area contributed by atoms with Crippen LogP contribution in [0.4, 0.5) is 18.9 Å². The fourth-order valence-corrected chi connectivity index (χ4v) is 1.99. The van der Waals surface area contributed by atoms with Gasteiger partial charge in [0.1, 0.15) is 17.9 Å². The molecule has 0 spiro atoms. The summed E-state index contributed by atoms with van der Waals surface area (Å²) in [4.78, 5) is 11.9. The van der Waals surface area contributed by atoms with Crippen LogP contribution in [0.25, 0.3) is 0 Å². The molecule has 1 amide bonds. The Balaban J connectivity index is 2.05. The van der Waals surface area contributed by atoms with Crippen LogP contribution in [0.3, 0.4) is 0 Å². The van der Waals surface area contributed by atoms with Gasteiger partial charge in [0, 0.05) is 12.3 Å². The van der Waals surface area contributed by atoms with Gasteiger partial charge in [0.05, 0.1) is 5.56 Å². The molecule has 1 saturated heterocycles. The van der Waals surface area contributed by atoms with Gasteiger partial charge in [-0.2, -0.15) is 18.4 Å². The molecule has 1 N–H and O–H groups in total. The smallest absolute Gasteiger partial charge is 0.422 e. The molecule has 8 heteroatoms. The molecule has 118 valence electrons. The van der Waals surface area contributed by atoms with Crippen LogP contribution in [0.1, 0.15) is 18.4 Å². The minimum Gasteiger partial charge on any atom is -0.483 e. The molecule has 2 rings (SSSR count). The second-order valence-corrected chi connectivity index (χ2v) is 4.72. The highest BCUT2D eigenvalue weighted by atomic mass is 19.4. The van der Waals surface area contributed by atoms with Crippen molar-refractivity contribution in [1.82, 2.24) is 0 Å². The van der Waals surface area contributed by atoms with Crippen LogP contribution in [0.15, 0.2) is 18.2 Å². The van der Waals surface area contributed by atoms with Crippen molar-refractivity contribution in [2.45, 2.75) is 25.1 Å². The lowest BCUT2D eigenvalue weighted by atomic mass is 10.1. The maximum Gasteiger partial charge on any atom is 0.422 e. The molecule has 1 fully saturated rings. The van der Waals surface area contributed by atoms with E-state index in [1.807, 2.05) is 0 Å². The Bertz CT molecular complexity index is 590. The lowest BCUT2D eigenvalue weighted by Crippen LogP contribution is -2.26. The minimum absolute atomic E-state index is 0.0885. The highest BCUT2D eigenvalue weighted by molar-refractivity contribution is 5.94. The van der Waals surface area contributed by atoms with Gasteiger partial charge in [-0.3, -0.25) is 4.79 Å². The minimum atomic E-state index is -4.49. The zero-order valence-electron chi connectivity index (χ0n) is 11.4. The van der Waals surface area contributed by atoms with Gasteiger partial charge in [0.25, 0.3) is 5.91 Å². The molecule has 0 bridgehead atoms. The number of carbonyl (C=O) groups is 1. The molecule has 22 heavy (non-hydrogen) atoms. The third-order valence-electron chi connectivity index (χ3n) is 2.98. The number of benzene rings is 1. The van der Waals surface area contributed by atoms with Crippen LogP contribution in [0.5, 0.6) is 5.75 Å². The first-order valence-electron chi connectivity index (χ1n) is 6.55. The van der Waals surface area contributed by atoms with E-state index in [1.165, 1.54) is 18.2 Å². The Kier molecular flexibility index (Phi) is 4.88. The van der Waals surface area contributed by atoms with Crippen molar-refractivity contribution in [3.05, 3.63) is 23.8 Å². The van der Waals surface area contributed by atoms with Crippen molar-refractivity contribution in [2.24, 2.45) is 0 Å². The van der Waals surface area contributed by atoms with Crippen LogP contribution >= 0.6 is 0 Å². The number of rotatable bonds is 4. The number of nitrogens with one attached hydrogen (secondary N) is 1. The summed E-state index contributed by atoms with van der Waals surface area (Å²) in [5.74, 6) is -0.528. The molecule has 0 aliphatic carbocycles. The van der Waals surface area contributed by atoms with Crippen molar-refractivity contribution >= 4 is 11.6 Å². The molecule has 0 radical (unpaired) electrons. The summed E-state index contributed by atoms with van der Waals surface area (Å²) in [6, 6.07) is 5.59. The second kappa shape index (κ2) is 6.66. The lowest BCUT2D eigenvalue weighted by Gasteiger charge is -2.13. The van der Waals surface area contributed by atoms with E-state index in [0.29, 0.717) is 18.7 Å². The van der Waals surface area contributed by atoms with Crippen LogP contribution in [-0.2, 0) is 9.53 Å². The Morgan fingerprint density at radius 1 is 1.50 bits per heavy atom. The molecule has 1 aliphatic heterocycles. The maximum atomic E-state index is 12.1. The first kappa shape index (κ1) is 16.1. The second-order valence-electron chi connectivity index (χ2n) is 4.72. The van der Waals surface area contributed by atoms with E-state index >= 15 is 0 Å². The van der Waals surface area contributed by atoms with E-state index in [4.69, 9.17) is 10.00 Å². The van der Waals surface area contributed by atoms with E-state index in [1.54, 1.807) is 6.07 Å². The standard InChI is InChI=1S/C14H13F3N2O3/c15-14(16,17)8-22-11-4-3-10(6-9(11)7-18)19-13(20)12-2-1-5-21-12/h3-4,6,12H,1-2,5,8H2,(H,19,20). The summed E-state index contributed by atoms with van der Waals surface area (Å²) in [5.41, 5.74) is 0.214. The summed E-state index contributed by atoms with van der Waals surface area (Å²) >= 11 is 0. The van der Waals surface area contributed by atoms with Gasteiger partial charge in [0.15, 0.2) is 6.61 Å². The molecule has 1 aromatic rings. The summed E-state index contributed by atoms with van der Waals surface area (Å²) in [7, 11) is 0. The van der Waals surface area contributed by atoms with Crippen LogP contribution in [0.2, 0.25) is 0 Å². The Morgan fingerprint density at radius 3 is 2.86 bits per heavy atom. The van der Waals surface area contributed by atoms with Crippen molar-refractivity contribution in [3.8, 4) is 11.8 Å². The van der Waals surface area contributed by atoms with E-state index in [0.717, 1.165) is 6.42 Å². The molecule has 1 aromatic carbocycles. The number of nitrogens with zero attached hydrogens (tertiary/aromatic N) is 1. The molecular formula is C14H13F3N2O3. The zero-order chi connectivity index (χ0) is 16.2. The number of amides is 1. The van der Waals surface area contributed by atoms with Crippen molar-refractivity contribution in [2.75, 3.05) is 18.5 Å². The molecule has 1 heterocycles. The Labute approximate surface area is 124 Å². The fraction of sp³-hybridized carbons (Fsp3) is 0.429. The number of anilines is 1. The van der Waals surface area contributed by atoms with E-state index in [-0.39, 0.29) is 17.2 Å². The molecule has 5 nitrogen and oxygen atoms in total. The third kappa shape index (κ3) is 4.36. The van der Waals surface area contributed by atoms with Gasteiger partial charge in [-0.05, 0) is 31.0 Å². The topological polar surface area (TPSA) is 71.4 Å². The van der Waals surface area contributed by atoms with E-state index in [2.05, 4.69) is 10.1 Å². The first-order valence-corrected chi connectivity index (χ1v) is 6.55. The number of hydrogen-bond donors (Lipinski definition) is 1. The van der Waals surface area contributed by atoms with Crippen molar-refractivity contribution in [3.63, 3.8) is 0 Å². The number of carbonyl (C=O) groups excluding carboxylic acids is 1. The Hall–Kier alpha value is -2.27. The maximum absolute atomic E-state index is 12.1. The van der Waals surface area contributed by atoms with Gasteiger partial charge < -0.3 is 14.8 Å². The first-order chi connectivity index (χ1) is 10.4. The molecule has 1 unspecified atom stereocenters. The van der Waals surface area contributed by atoms with Gasteiger partial charge in [-0.25, -0.2) is 0 Å². The lowest BCUT2D eigenvalue weighted by molar-refractivity contribution is -0.153. The highest BCUT2D eigenvalue weighted by Gasteiger charge is 2.29. The monoisotopic (exact) mass is 314 g/mol. The highest BCUT2D eigenvalue weighted by Crippen LogP contribution is 2.25. The molecule has 0 saturated carbocycles. The predicted octanol–water partition coefficient (Wildman–Crippen LogP) is 2.62. The van der Waals surface area contributed by atoms with Crippen LogP contribution in [0, 0.1) is 11.3 Å². The van der Waals surface area contributed by atoms with Crippen LogP contribution in [-0.4, -0.2) is 31.4 Å². The quantitative estimate of drug-likeness (QED) is 0.927. The molecular weight excluding hydrogens is 301 g/mol. The van der Waals surface area contributed by atoms with E-state index < -0.39 is 18.9 Å². The van der Waals surface area contributed by atoms with Crippen LogP contribution < -0.4 is 10.1 Å². The largest absolute Gasteiger partial charge is 0.483 e. The van der Waals surface area contributed by atoms with Gasteiger partial charge in [0.2, 0.25) is 0 Å². The van der Waals surface area contributed by atoms with E-state index in [9.17, 15) is 18.0 Å². The van der Waals surface area contributed by atoms with Gasteiger partial charge in [-0.1, -0.05) is 0 Å². The average molecular weight is 314 g/mol. The normalized spacial score (nSPS) is 17.8. The number of halogens is 3. The van der Waals surface area contributed by atoms with Gasteiger partial charge in [-0.15, -0.1) is 0 Å². The Morgan fingerprint density at radius 2 is 2.27 bits per heavy atom. The van der Waals surface area contributed by atoms with Crippen molar-refractivity contribution < 1.29 is 27.4 Å². The van der Waals surface area contributed by atoms with Gasteiger partial charge >= 0.3 is 6.18 Å². The summed E-state index contributed by atoms with van der Waals surface area (Å²) < 4.78 is 46.2. The summed E-state index contributed by atoms with van der Waals surface area (Å²) in [6.07, 6.45) is -3.61. The number of hydrogen-bond acceptors (Lipinski definition) is 4. The SMILES string of the molecule is N#Cc1cc(NC(=O)C2CCCO2)ccc1OCC(F)(F)F. The fourth-order valence-electron chi connectivity index (χ4n) is 1.99. The summed E-state index contributed by atoms with van der Waals surface area (Å²) in [5, 5.41) is 11.5. The van der Waals surface area contributed by atoms with Crippen molar-refractivity contribution in [1.29, 1.82) is 5.26 Å². The average Bonchev–Trinajstić information content (AvgIpc) is 2.99. The summed E-state index contributed by atoms with van der Waals surface area (Å²) in [6.45, 7) is -0.963. The molecule has 0 aromatic heterocycles. The molecule has 1 atom stereocenters. The third-order valence-corrected chi connectivity index (χ3v) is 2.98. The zero-order valence-corrected chi connectivity index (χ0v) is 11.4. The molecule has 1 aliphatic rings. The number of ether oxygens (including phenoxy) is 2. The number of alkyl halides is 3. The number of nitriles is 1. The predicted molar refractivity (Wildman–Crippen MR) is 70.3 cm³/mol.